The lowest BCUT2D eigenvalue weighted by Crippen LogP contribution is -2.48. The van der Waals surface area contributed by atoms with Crippen LogP contribution < -0.4 is 15.4 Å². The molecule has 10 nitrogen and oxygen atoms in total. The quantitative estimate of drug-likeness (QED) is 0.269. The zero-order valence-electron chi connectivity index (χ0n) is 24.0. The molecule has 3 aromatic rings. The van der Waals surface area contributed by atoms with Crippen molar-refractivity contribution in [2.75, 3.05) is 63.2 Å². The number of ether oxygens (including phenoxy) is 3. The molecule has 1 aromatic heterocycles. The maximum Gasteiger partial charge on any atom is 0.332 e. The van der Waals surface area contributed by atoms with Gasteiger partial charge in [-0.15, -0.1) is 24.8 Å². The number of nitrogen functional groups attached to an aromatic ring is 1. The van der Waals surface area contributed by atoms with Crippen LogP contribution in [0.25, 0.3) is 11.3 Å². The van der Waals surface area contributed by atoms with Gasteiger partial charge in [0, 0.05) is 48.9 Å². The third kappa shape index (κ3) is 9.07. The number of carboxylic acid groups (broad SMARTS) is 1. The molecular formula is C30H38Cl3N5O5. The standard InChI is InChI=1S/C30H36ClN5O5.2ClH/c1-20(29(37)38)40-17-16-39-15-14-35-10-12-36(13-11-35)28-26-8-4-22-18-24(41-19-21-2-5-23(31)6-3-21)7-9-25(22)27(26)33-30(32)34-28;;/h2-3,5-7,9,18,20H,4,8,10-17,19H2,1H3,(H,37,38)(H2,32,33,34);2*1H. The number of benzene rings is 2. The number of anilines is 2. The zero-order valence-corrected chi connectivity index (χ0v) is 26.4. The predicted octanol–water partition coefficient (Wildman–Crippen LogP) is 4.53. The van der Waals surface area contributed by atoms with Crippen molar-refractivity contribution >= 4 is 54.2 Å². The summed E-state index contributed by atoms with van der Waals surface area (Å²) in [6.07, 6.45) is 0.904. The molecule has 0 saturated carbocycles. The van der Waals surface area contributed by atoms with Crippen LogP contribution >= 0.6 is 36.4 Å². The zero-order chi connectivity index (χ0) is 28.8. The minimum Gasteiger partial charge on any atom is -0.489 e. The molecule has 3 N–H and O–H groups in total. The van der Waals surface area contributed by atoms with Crippen LogP contribution in [0.2, 0.25) is 5.02 Å². The van der Waals surface area contributed by atoms with E-state index < -0.39 is 12.1 Å². The third-order valence-electron chi connectivity index (χ3n) is 7.46. The fourth-order valence-electron chi connectivity index (χ4n) is 5.14. The summed E-state index contributed by atoms with van der Waals surface area (Å²) in [5.74, 6) is 1.07. The van der Waals surface area contributed by atoms with Gasteiger partial charge in [-0.3, -0.25) is 4.90 Å². The average Bonchev–Trinajstić information content (AvgIpc) is 2.98. The molecule has 0 amide bonds. The fraction of sp³-hybridized carbons (Fsp3) is 0.433. The van der Waals surface area contributed by atoms with Gasteiger partial charge in [0.2, 0.25) is 5.95 Å². The Bertz CT molecular complexity index is 1360. The Morgan fingerprint density at radius 3 is 2.49 bits per heavy atom. The fourth-order valence-corrected chi connectivity index (χ4v) is 5.27. The van der Waals surface area contributed by atoms with Gasteiger partial charge in [-0.25, -0.2) is 9.78 Å². The number of rotatable bonds is 12. The number of halogens is 3. The van der Waals surface area contributed by atoms with Crippen LogP contribution in [0.3, 0.4) is 0 Å². The molecule has 43 heavy (non-hydrogen) atoms. The maximum absolute atomic E-state index is 10.8. The van der Waals surface area contributed by atoms with Crippen LogP contribution in [0, 0.1) is 0 Å². The van der Waals surface area contributed by atoms with Gasteiger partial charge in [-0.1, -0.05) is 23.7 Å². The number of fused-ring (bicyclic) bond motifs is 3. The van der Waals surface area contributed by atoms with Crippen LogP contribution in [0.15, 0.2) is 42.5 Å². The molecule has 2 aromatic carbocycles. The highest BCUT2D eigenvalue weighted by molar-refractivity contribution is 6.30. The van der Waals surface area contributed by atoms with Gasteiger partial charge in [-0.2, -0.15) is 4.98 Å². The second-order valence-corrected chi connectivity index (χ2v) is 10.7. The normalized spacial score (nSPS) is 15.0. The SMILES string of the molecule is CC(OCCOCCN1CCN(c2nc(N)nc3c2CCc2cc(OCc4ccc(Cl)cc4)ccc2-3)CC1)C(=O)O.Cl.Cl. The maximum atomic E-state index is 10.8. The second kappa shape index (κ2) is 16.3. The first-order valence-electron chi connectivity index (χ1n) is 13.9. The number of aromatic nitrogens is 2. The lowest BCUT2D eigenvalue weighted by molar-refractivity contribution is -0.150. The Balaban J connectivity index is 0.00000253. The summed E-state index contributed by atoms with van der Waals surface area (Å²) in [4.78, 5) is 24.8. The van der Waals surface area contributed by atoms with E-state index in [0.29, 0.717) is 24.8 Å². The average molecular weight is 655 g/mol. The van der Waals surface area contributed by atoms with Crippen LogP contribution in [0.4, 0.5) is 11.8 Å². The van der Waals surface area contributed by atoms with Crippen molar-refractivity contribution in [3.8, 4) is 17.0 Å². The lowest BCUT2D eigenvalue weighted by Gasteiger charge is -2.37. The van der Waals surface area contributed by atoms with Gasteiger partial charge in [0.1, 0.15) is 18.2 Å². The Morgan fingerprint density at radius 2 is 1.77 bits per heavy atom. The molecule has 0 bridgehead atoms. The number of carboxylic acids is 1. The number of carbonyl (C=O) groups is 1. The minimum atomic E-state index is -0.969. The molecule has 1 atom stereocenters. The number of nitrogens with two attached hydrogens (primary N) is 1. The van der Waals surface area contributed by atoms with E-state index >= 15 is 0 Å². The van der Waals surface area contributed by atoms with Crippen molar-refractivity contribution in [1.29, 1.82) is 0 Å². The molecule has 0 spiro atoms. The molecule has 13 heteroatoms. The molecule has 1 unspecified atom stereocenters. The van der Waals surface area contributed by atoms with E-state index in [9.17, 15) is 4.79 Å². The van der Waals surface area contributed by atoms with Gasteiger partial charge < -0.3 is 30.0 Å². The Morgan fingerprint density at radius 1 is 1.02 bits per heavy atom. The number of piperazine rings is 1. The molecule has 0 radical (unpaired) electrons. The van der Waals surface area contributed by atoms with Gasteiger partial charge in [-0.05, 0) is 61.2 Å². The van der Waals surface area contributed by atoms with Gasteiger partial charge in [0.15, 0.2) is 6.10 Å². The minimum absolute atomic E-state index is 0. The summed E-state index contributed by atoms with van der Waals surface area (Å²) in [6.45, 7) is 7.47. The number of nitrogens with zero attached hydrogens (tertiary/aromatic N) is 4. The van der Waals surface area contributed by atoms with Crippen molar-refractivity contribution in [3.05, 3.63) is 64.2 Å². The first-order valence-corrected chi connectivity index (χ1v) is 14.3. The van der Waals surface area contributed by atoms with E-state index in [1.165, 1.54) is 12.5 Å². The molecular weight excluding hydrogens is 617 g/mol. The van der Waals surface area contributed by atoms with Crippen LogP contribution in [0.5, 0.6) is 5.75 Å². The number of hydrogen-bond donors (Lipinski definition) is 2. The van der Waals surface area contributed by atoms with Crippen molar-refractivity contribution in [2.24, 2.45) is 0 Å². The van der Waals surface area contributed by atoms with Gasteiger partial charge in [0.05, 0.1) is 25.5 Å². The molecule has 1 aliphatic carbocycles. The summed E-state index contributed by atoms with van der Waals surface area (Å²) in [6, 6.07) is 13.8. The van der Waals surface area contributed by atoms with E-state index in [1.54, 1.807) is 0 Å². The van der Waals surface area contributed by atoms with Crippen molar-refractivity contribution < 1.29 is 24.1 Å². The van der Waals surface area contributed by atoms with Crippen molar-refractivity contribution in [1.82, 2.24) is 14.9 Å². The summed E-state index contributed by atoms with van der Waals surface area (Å²) >= 11 is 5.99. The van der Waals surface area contributed by atoms with E-state index in [1.807, 2.05) is 30.3 Å². The van der Waals surface area contributed by atoms with E-state index in [-0.39, 0.29) is 37.4 Å². The highest BCUT2D eigenvalue weighted by Crippen LogP contribution is 2.38. The van der Waals surface area contributed by atoms with Crippen molar-refractivity contribution in [3.63, 3.8) is 0 Å². The van der Waals surface area contributed by atoms with E-state index in [4.69, 9.17) is 36.7 Å². The summed E-state index contributed by atoms with van der Waals surface area (Å²) in [7, 11) is 0. The van der Waals surface area contributed by atoms with E-state index in [2.05, 4.69) is 31.9 Å². The number of hydrogen-bond acceptors (Lipinski definition) is 9. The Hall–Kier alpha value is -2.86. The Kier molecular flexibility index (Phi) is 13.1. The summed E-state index contributed by atoms with van der Waals surface area (Å²) in [5.41, 5.74) is 11.6. The highest BCUT2D eigenvalue weighted by atomic mass is 35.5. The smallest absolute Gasteiger partial charge is 0.332 e. The topological polar surface area (TPSA) is 123 Å². The molecule has 1 aliphatic heterocycles. The molecule has 2 heterocycles. The Labute approximate surface area is 269 Å². The van der Waals surface area contributed by atoms with Gasteiger partial charge in [0.25, 0.3) is 0 Å². The molecule has 1 saturated heterocycles. The number of aliphatic carboxylic acids is 1. The lowest BCUT2D eigenvalue weighted by atomic mass is 9.88. The summed E-state index contributed by atoms with van der Waals surface area (Å²) in [5, 5.41) is 9.56. The third-order valence-corrected chi connectivity index (χ3v) is 7.72. The van der Waals surface area contributed by atoms with Crippen LogP contribution in [-0.4, -0.2) is 84.6 Å². The largest absolute Gasteiger partial charge is 0.489 e. The first kappa shape index (κ1) is 34.6. The summed E-state index contributed by atoms with van der Waals surface area (Å²) < 4.78 is 16.9. The van der Waals surface area contributed by atoms with Crippen LogP contribution in [-0.2, 0) is 33.7 Å². The molecule has 234 valence electrons. The monoisotopic (exact) mass is 653 g/mol. The van der Waals surface area contributed by atoms with E-state index in [0.717, 1.165) is 79.5 Å². The van der Waals surface area contributed by atoms with Crippen LogP contribution in [0.1, 0.15) is 23.6 Å². The second-order valence-electron chi connectivity index (χ2n) is 10.3. The first-order chi connectivity index (χ1) is 19.9. The molecule has 2 aliphatic rings. The van der Waals surface area contributed by atoms with Gasteiger partial charge >= 0.3 is 5.97 Å². The molecule has 5 rings (SSSR count). The van der Waals surface area contributed by atoms with Crippen molar-refractivity contribution in [2.45, 2.75) is 32.5 Å². The number of aryl methyl sites for hydroxylation is 1. The highest BCUT2D eigenvalue weighted by Gasteiger charge is 2.27. The predicted molar refractivity (Wildman–Crippen MR) is 172 cm³/mol. The molecule has 1 fully saturated rings.